The lowest BCUT2D eigenvalue weighted by molar-refractivity contribution is -0.132. The largest absolute Gasteiger partial charge is 0.355 e. The molecule has 1 aromatic heterocycles. The summed E-state index contributed by atoms with van der Waals surface area (Å²) < 4.78 is 1.79. The molecule has 5 heteroatoms. The van der Waals surface area contributed by atoms with E-state index < -0.39 is 0 Å². The van der Waals surface area contributed by atoms with Crippen LogP contribution in [0.4, 0.5) is 0 Å². The fourth-order valence-electron chi connectivity index (χ4n) is 2.71. The van der Waals surface area contributed by atoms with E-state index in [1.165, 1.54) is 0 Å². The van der Waals surface area contributed by atoms with Crippen LogP contribution in [0.3, 0.4) is 0 Å². The Balaban J connectivity index is 1.82. The van der Waals surface area contributed by atoms with Crippen molar-refractivity contribution in [1.82, 2.24) is 20.4 Å². The van der Waals surface area contributed by atoms with Gasteiger partial charge in [0.25, 0.3) is 0 Å². The fraction of sp³-hybridized carbons (Fsp3) is 0.714. The molecule has 2 heterocycles. The van der Waals surface area contributed by atoms with Crippen LogP contribution in [0, 0.1) is 5.41 Å². The van der Waals surface area contributed by atoms with Gasteiger partial charge in [-0.05, 0) is 31.9 Å². The minimum atomic E-state index is -0.206. The number of carbonyl (C=O) groups excluding carboxylic acids is 1. The summed E-state index contributed by atoms with van der Waals surface area (Å²) in [5.41, 5.74) is 0.817. The van der Waals surface area contributed by atoms with E-state index in [0.29, 0.717) is 6.54 Å². The summed E-state index contributed by atoms with van der Waals surface area (Å²) in [6, 6.07) is 1.99. The molecule has 1 atom stereocenters. The fourth-order valence-corrected chi connectivity index (χ4v) is 2.71. The summed E-state index contributed by atoms with van der Waals surface area (Å²) in [5, 5.41) is 10.7. The van der Waals surface area contributed by atoms with E-state index in [-0.39, 0.29) is 11.3 Å². The second-order valence-corrected chi connectivity index (χ2v) is 5.40. The van der Waals surface area contributed by atoms with Crippen molar-refractivity contribution in [1.29, 1.82) is 0 Å². The maximum Gasteiger partial charge on any atom is 0.227 e. The molecular weight excluding hydrogens is 240 g/mol. The summed E-state index contributed by atoms with van der Waals surface area (Å²) in [7, 11) is 1.90. The normalized spacial score (nSPS) is 23.3. The first-order valence-electron chi connectivity index (χ1n) is 7.14. The number of aryl methyl sites for hydroxylation is 1. The maximum absolute atomic E-state index is 12.4. The number of nitrogens with one attached hydrogen (secondary N) is 2. The lowest BCUT2D eigenvalue weighted by Gasteiger charge is -2.35. The highest BCUT2D eigenvalue weighted by molar-refractivity contribution is 5.83. The quantitative estimate of drug-likeness (QED) is 0.829. The average Bonchev–Trinajstić information content (AvgIpc) is 2.85. The van der Waals surface area contributed by atoms with Crippen LogP contribution in [-0.2, 0) is 18.3 Å². The van der Waals surface area contributed by atoms with Crippen LogP contribution in [0.5, 0.6) is 0 Å². The first kappa shape index (κ1) is 14.1. The molecule has 0 spiro atoms. The van der Waals surface area contributed by atoms with Gasteiger partial charge in [0.15, 0.2) is 0 Å². The van der Waals surface area contributed by atoms with Crippen LogP contribution in [0.15, 0.2) is 12.3 Å². The van der Waals surface area contributed by atoms with Crippen LogP contribution in [0.1, 0.15) is 31.9 Å². The monoisotopic (exact) mass is 264 g/mol. The van der Waals surface area contributed by atoms with Crippen molar-refractivity contribution >= 4 is 5.91 Å². The molecule has 1 amide bonds. The zero-order valence-electron chi connectivity index (χ0n) is 11.9. The third-order valence-electron chi connectivity index (χ3n) is 4.07. The summed E-state index contributed by atoms with van der Waals surface area (Å²) in [5.74, 6) is 0.193. The van der Waals surface area contributed by atoms with Gasteiger partial charge in [-0.2, -0.15) is 5.10 Å². The molecule has 0 radical (unpaired) electrons. The summed E-state index contributed by atoms with van der Waals surface area (Å²) >= 11 is 0. The molecule has 0 bridgehead atoms. The second-order valence-electron chi connectivity index (χ2n) is 5.40. The van der Waals surface area contributed by atoms with Crippen molar-refractivity contribution in [3.8, 4) is 0 Å². The molecule has 2 N–H and O–H groups in total. The van der Waals surface area contributed by atoms with E-state index in [4.69, 9.17) is 0 Å². The number of amides is 1. The SMILES string of the molecule is CCC1(C(=O)NCCc2ccn(C)n2)CCCNC1. The molecule has 1 unspecified atom stereocenters. The Labute approximate surface area is 114 Å². The van der Waals surface area contributed by atoms with Gasteiger partial charge in [0, 0.05) is 32.8 Å². The predicted molar refractivity (Wildman–Crippen MR) is 74.7 cm³/mol. The van der Waals surface area contributed by atoms with E-state index in [9.17, 15) is 4.79 Å². The van der Waals surface area contributed by atoms with Crippen molar-refractivity contribution in [2.75, 3.05) is 19.6 Å². The van der Waals surface area contributed by atoms with Gasteiger partial charge in [-0.3, -0.25) is 9.48 Å². The molecule has 1 aliphatic heterocycles. The number of aromatic nitrogens is 2. The highest BCUT2D eigenvalue weighted by Crippen LogP contribution is 2.30. The molecule has 0 aromatic carbocycles. The van der Waals surface area contributed by atoms with Crippen LogP contribution < -0.4 is 10.6 Å². The van der Waals surface area contributed by atoms with Gasteiger partial charge in [-0.25, -0.2) is 0 Å². The molecule has 2 rings (SSSR count). The van der Waals surface area contributed by atoms with Crippen molar-refractivity contribution in [2.24, 2.45) is 12.5 Å². The van der Waals surface area contributed by atoms with Crippen molar-refractivity contribution < 1.29 is 4.79 Å². The number of carbonyl (C=O) groups is 1. The molecule has 5 nitrogen and oxygen atoms in total. The van der Waals surface area contributed by atoms with Gasteiger partial charge in [-0.1, -0.05) is 6.92 Å². The molecule has 1 aliphatic rings. The molecule has 19 heavy (non-hydrogen) atoms. The second kappa shape index (κ2) is 6.19. The zero-order chi connectivity index (χ0) is 13.7. The molecule has 0 saturated carbocycles. The van der Waals surface area contributed by atoms with Crippen molar-refractivity contribution in [2.45, 2.75) is 32.6 Å². The summed E-state index contributed by atoms with van der Waals surface area (Å²) in [6.45, 7) is 4.60. The van der Waals surface area contributed by atoms with Crippen molar-refractivity contribution in [3.63, 3.8) is 0 Å². The Morgan fingerprint density at radius 1 is 1.63 bits per heavy atom. The van der Waals surface area contributed by atoms with Gasteiger partial charge < -0.3 is 10.6 Å². The van der Waals surface area contributed by atoms with E-state index in [1.54, 1.807) is 4.68 Å². The predicted octanol–water partition coefficient (Wildman–Crippen LogP) is 0.859. The minimum absolute atomic E-state index is 0.193. The van der Waals surface area contributed by atoms with Crippen LogP contribution >= 0.6 is 0 Å². The molecular formula is C14H24N4O. The van der Waals surface area contributed by atoms with Gasteiger partial charge in [0.05, 0.1) is 11.1 Å². The van der Waals surface area contributed by atoms with Crippen LogP contribution in [0.25, 0.3) is 0 Å². The highest BCUT2D eigenvalue weighted by atomic mass is 16.2. The molecule has 0 aliphatic carbocycles. The number of rotatable bonds is 5. The van der Waals surface area contributed by atoms with Gasteiger partial charge in [0.1, 0.15) is 0 Å². The number of hydrogen-bond donors (Lipinski definition) is 2. The Bertz CT molecular complexity index is 421. The third-order valence-corrected chi connectivity index (χ3v) is 4.07. The zero-order valence-corrected chi connectivity index (χ0v) is 11.9. The van der Waals surface area contributed by atoms with Crippen molar-refractivity contribution in [3.05, 3.63) is 18.0 Å². The molecule has 1 aromatic rings. The molecule has 1 fully saturated rings. The Morgan fingerprint density at radius 3 is 3.05 bits per heavy atom. The van der Waals surface area contributed by atoms with Gasteiger partial charge >= 0.3 is 0 Å². The maximum atomic E-state index is 12.4. The lowest BCUT2D eigenvalue weighted by Crippen LogP contribution is -2.50. The summed E-state index contributed by atoms with van der Waals surface area (Å²) in [4.78, 5) is 12.4. The van der Waals surface area contributed by atoms with E-state index in [0.717, 1.165) is 44.5 Å². The number of hydrogen-bond acceptors (Lipinski definition) is 3. The molecule has 106 valence electrons. The Kier molecular flexibility index (Phi) is 4.58. The van der Waals surface area contributed by atoms with Gasteiger partial charge in [-0.15, -0.1) is 0 Å². The van der Waals surface area contributed by atoms with Crippen LogP contribution in [0.2, 0.25) is 0 Å². The summed E-state index contributed by atoms with van der Waals surface area (Å²) in [6.07, 6.45) is 5.69. The average molecular weight is 264 g/mol. The van der Waals surface area contributed by atoms with E-state index in [2.05, 4.69) is 22.7 Å². The first-order chi connectivity index (χ1) is 9.16. The standard InChI is InChI=1S/C14H24N4O/c1-3-14(7-4-8-15-11-14)13(19)16-9-5-12-6-10-18(2)17-12/h6,10,15H,3-5,7-9,11H2,1-2H3,(H,16,19). The smallest absolute Gasteiger partial charge is 0.227 e. The van der Waals surface area contributed by atoms with Crippen LogP contribution in [-0.4, -0.2) is 35.3 Å². The number of nitrogens with zero attached hydrogens (tertiary/aromatic N) is 2. The highest BCUT2D eigenvalue weighted by Gasteiger charge is 2.37. The topological polar surface area (TPSA) is 59.0 Å². The number of piperidine rings is 1. The lowest BCUT2D eigenvalue weighted by atomic mass is 9.77. The third kappa shape index (κ3) is 3.35. The van der Waals surface area contributed by atoms with Gasteiger partial charge in [0.2, 0.25) is 5.91 Å². The first-order valence-corrected chi connectivity index (χ1v) is 7.14. The Hall–Kier alpha value is -1.36. The van der Waals surface area contributed by atoms with E-state index >= 15 is 0 Å². The molecule has 1 saturated heterocycles. The van der Waals surface area contributed by atoms with E-state index in [1.807, 2.05) is 19.3 Å². The minimum Gasteiger partial charge on any atom is -0.355 e. The Morgan fingerprint density at radius 2 is 2.47 bits per heavy atom.